The maximum Gasteiger partial charge on any atom is 0.297 e. The quantitative estimate of drug-likeness (QED) is 0.127. The number of nitrogens with zero attached hydrogens (tertiary/aromatic N) is 3. The van der Waals surface area contributed by atoms with Crippen molar-refractivity contribution in [3.63, 3.8) is 0 Å². The van der Waals surface area contributed by atoms with Gasteiger partial charge in [0.1, 0.15) is 0 Å². The van der Waals surface area contributed by atoms with Crippen molar-refractivity contribution in [1.29, 1.82) is 0 Å². The Labute approximate surface area is 235 Å². The van der Waals surface area contributed by atoms with Gasteiger partial charge in [0.2, 0.25) is 6.29 Å². The summed E-state index contributed by atoms with van der Waals surface area (Å²) >= 11 is 0. The Bertz CT molecular complexity index is 1280. The molecule has 0 aliphatic carbocycles. The third kappa shape index (κ3) is 9.81. The van der Waals surface area contributed by atoms with E-state index in [1.807, 2.05) is 55.6 Å². The maximum absolute atomic E-state index is 13.8. The predicted octanol–water partition coefficient (Wildman–Crippen LogP) is 3.47. The van der Waals surface area contributed by atoms with Gasteiger partial charge in [-0.1, -0.05) is 55.1 Å². The normalized spacial score (nSPS) is 12.8. The molecule has 0 fully saturated rings. The Morgan fingerprint density at radius 2 is 1.90 bits per heavy atom. The number of unbranched alkanes of at least 4 members (excludes halogenated alkanes) is 1. The van der Waals surface area contributed by atoms with Gasteiger partial charge in [0, 0.05) is 37.2 Å². The van der Waals surface area contributed by atoms with Crippen LogP contribution in [-0.4, -0.2) is 62.8 Å². The van der Waals surface area contributed by atoms with E-state index in [2.05, 4.69) is 18.5 Å². The molecule has 40 heavy (non-hydrogen) atoms. The SMILES string of the molecule is C=CCC/C=C/NCCN(CC)C(=O)C(=C)/C=c1/nc(CCCC(F)(F)C(O)O)c(-c2ccccc2)n/c1=C/C. The highest BCUT2D eigenvalue weighted by molar-refractivity contribution is 6.00. The molecule has 0 aliphatic rings. The fourth-order valence-corrected chi connectivity index (χ4v) is 3.94. The fourth-order valence-electron chi connectivity index (χ4n) is 3.94. The van der Waals surface area contributed by atoms with E-state index in [1.165, 1.54) is 0 Å². The van der Waals surface area contributed by atoms with Gasteiger partial charge in [-0.25, -0.2) is 18.7 Å². The molecule has 0 bridgehead atoms. The summed E-state index contributed by atoms with van der Waals surface area (Å²) in [5, 5.41) is 22.0. The monoisotopic (exact) mass is 554 g/mol. The van der Waals surface area contributed by atoms with E-state index in [-0.39, 0.29) is 24.3 Å². The lowest BCUT2D eigenvalue weighted by molar-refractivity contribution is -0.211. The van der Waals surface area contributed by atoms with Crippen molar-refractivity contribution in [1.82, 2.24) is 20.2 Å². The second-order valence-electron chi connectivity index (χ2n) is 9.21. The molecule has 1 aromatic carbocycles. The number of likely N-dealkylation sites (N-methyl/N-ethyl adjacent to an activating group) is 1. The lowest BCUT2D eigenvalue weighted by atomic mass is 10.0. The van der Waals surface area contributed by atoms with Crippen LogP contribution in [0.25, 0.3) is 23.4 Å². The maximum atomic E-state index is 13.8. The van der Waals surface area contributed by atoms with Gasteiger partial charge in [-0.15, -0.1) is 6.58 Å². The predicted molar refractivity (Wildman–Crippen MR) is 155 cm³/mol. The lowest BCUT2D eigenvalue weighted by Gasteiger charge is -2.21. The summed E-state index contributed by atoms with van der Waals surface area (Å²) in [6.45, 7) is 12.9. The number of alkyl halides is 2. The molecule has 0 radical (unpaired) electrons. The minimum Gasteiger partial charge on any atom is -0.389 e. The summed E-state index contributed by atoms with van der Waals surface area (Å²) in [6, 6.07) is 9.26. The van der Waals surface area contributed by atoms with E-state index in [4.69, 9.17) is 20.2 Å². The number of nitrogens with one attached hydrogen (secondary N) is 1. The average molecular weight is 555 g/mol. The Morgan fingerprint density at radius 3 is 2.52 bits per heavy atom. The number of allylic oxidation sites excluding steroid dienone is 2. The molecule has 0 unspecified atom stereocenters. The first kappa shape index (κ1) is 32.5. The Morgan fingerprint density at radius 1 is 1.18 bits per heavy atom. The highest BCUT2D eigenvalue weighted by Crippen LogP contribution is 2.26. The van der Waals surface area contributed by atoms with E-state index < -0.39 is 18.6 Å². The number of rotatable bonds is 16. The number of halogens is 2. The summed E-state index contributed by atoms with van der Waals surface area (Å²) in [6.07, 6.45) is 7.49. The zero-order valence-electron chi connectivity index (χ0n) is 23.3. The van der Waals surface area contributed by atoms with Crippen LogP contribution in [0.2, 0.25) is 0 Å². The molecular formula is C31H40F2N4O3. The van der Waals surface area contributed by atoms with Crippen molar-refractivity contribution >= 4 is 18.1 Å². The molecule has 216 valence electrons. The number of hydrogen-bond donors (Lipinski definition) is 3. The molecule has 9 heteroatoms. The molecule has 1 heterocycles. The molecule has 7 nitrogen and oxygen atoms in total. The Kier molecular flexibility index (Phi) is 13.4. The molecule has 1 aromatic heterocycles. The summed E-state index contributed by atoms with van der Waals surface area (Å²) in [4.78, 5) is 24.3. The standard InChI is InChI=1S/C31H40F2N4O3/c1-5-8-9-13-19-34-20-21-37(7-3)29(38)23(4)22-27-25(6-2)36-28(24-15-11-10-12-16-24)26(35-27)17-14-18-31(32,33)30(39)40/h5-6,10-13,15-16,19,22,30,34,39-40H,1,4,7-9,14,17-18,20-21H2,2-3H3/b19-13+,25-6+,27-22+. The van der Waals surface area contributed by atoms with E-state index in [9.17, 15) is 13.6 Å². The minimum absolute atomic E-state index is 0.0493. The topological polar surface area (TPSA) is 98.6 Å². The van der Waals surface area contributed by atoms with Crippen LogP contribution in [0.3, 0.4) is 0 Å². The van der Waals surface area contributed by atoms with Gasteiger partial charge in [-0.05, 0) is 51.8 Å². The van der Waals surface area contributed by atoms with Crippen molar-refractivity contribution in [3.05, 3.63) is 83.8 Å². The molecule has 0 saturated heterocycles. The van der Waals surface area contributed by atoms with Gasteiger partial charge in [-0.3, -0.25) is 4.79 Å². The van der Waals surface area contributed by atoms with Gasteiger partial charge in [0.05, 0.1) is 22.1 Å². The van der Waals surface area contributed by atoms with Crippen LogP contribution in [0.5, 0.6) is 0 Å². The second kappa shape index (κ2) is 16.4. The van der Waals surface area contributed by atoms with Gasteiger partial charge in [0.25, 0.3) is 11.8 Å². The van der Waals surface area contributed by atoms with Crippen LogP contribution < -0.4 is 16.0 Å². The van der Waals surface area contributed by atoms with Crippen LogP contribution in [0.4, 0.5) is 8.78 Å². The molecule has 0 spiro atoms. The van der Waals surface area contributed by atoms with Crippen molar-refractivity contribution in [2.45, 2.75) is 58.2 Å². The number of aryl methyl sites for hydroxylation is 1. The Hall–Kier alpha value is -3.69. The zero-order chi connectivity index (χ0) is 29.5. The highest BCUT2D eigenvalue weighted by atomic mass is 19.3. The number of aliphatic hydroxyl groups is 2. The van der Waals surface area contributed by atoms with Crippen LogP contribution in [0.15, 0.2) is 67.4 Å². The van der Waals surface area contributed by atoms with E-state index in [1.54, 1.807) is 24.0 Å². The highest BCUT2D eigenvalue weighted by Gasteiger charge is 2.36. The number of benzene rings is 1. The molecule has 0 aliphatic heterocycles. The first-order valence-electron chi connectivity index (χ1n) is 13.5. The number of hydrogen-bond acceptors (Lipinski definition) is 6. The van der Waals surface area contributed by atoms with E-state index in [0.717, 1.165) is 18.4 Å². The van der Waals surface area contributed by atoms with Crippen molar-refractivity contribution in [3.8, 4) is 11.3 Å². The van der Waals surface area contributed by atoms with Crippen LogP contribution in [0, 0.1) is 0 Å². The summed E-state index contributed by atoms with van der Waals surface area (Å²) in [5.41, 5.74) is 2.00. The van der Waals surface area contributed by atoms with Crippen molar-refractivity contribution in [2.24, 2.45) is 0 Å². The third-order valence-corrected chi connectivity index (χ3v) is 6.20. The average Bonchev–Trinajstić information content (AvgIpc) is 2.94. The first-order valence-corrected chi connectivity index (χ1v) is 13.5. The molecule has 0 saturated carbocycles. The molecule has 2 rings (SSSR count). The molecular weight excluding hydrogens is 514 g/mol. The van der Waals surface area contributed by atoms with Crippen molar-refractivity contribution < 1.29 is 23.8 Å². The van der Waals surface area contributed by atoms with Crippen molar-refractivity contribution in [2.75, 3.05) is 19.6 Å². The van der Waals surface area contributed by atoms with E-state index in [0.29, 0.717) is 41.7 Å². The number of amides is 1. The number of aliphatic hydroxyl groups excluding tert-OH is 1. The summed E-state index contributed by atoms with van der Waals surface area (Å²) in [7, 11) is 0. The molecule has 3 N–H and O–H groups in total. The van der Waals surface area contributed by atoms with E-state index >= 15 is 0 Å². The zero-order valence-corrected chi connectivity index (χ0v) is 23.3. The number of carbonyl (C=O) groups is 1. The molecule has 1 amide bonds. The number of aromatic nitrogens is 2. The van der Waals surface area contributed by atoms with Gasteiger partial charge in [-0.2, -0.15) is 0 Å². The van der Waals surface area contributed by atoms with Crippen LogP contribution in [0.1, 0.15) is 45.2 Å². The molecule has 2 aromatic rings. The first-order chi connectivity index (χ1) is 19.1. The smallest absolute Gasteiger partial charge is 0.297 e. The third-order valence-electron chi connectivity index (χ3n) is 6.20. The largest absolute Gasteiger partial charge is 0.389 e. The summed E-state index contributed by atoms with van der Waals surface area (Å²) in [5.74, 6) is -3.87. The lowest BCUT2D eigenvalue weighted by Crippen LogP contribution is -2.38. The van der Waals surface area contributed by atoms with Gasteiger partial charge >= 0.3 is 0 Å². The van der Waals surface area contributed by atoms with Crippen LogP contribution in [-0.2, 0) is 11.2 Å². The second-order valence-corrected chi connectivity index (χ2v) is 9.21. The van der Waals surface area contributed by atoms with Gasteiger partial charge in [0.15, 0.2) is 0 Å². The van der Waals surface area contributed by atoms with Gasteiger partial charge < -0.3 is 20.4 Å². The minimum atomic E-state index is -3.63. The number of carbonyl (C=O) groups excluding carboxylic acids is 1. The molecule has 0 atom stereocenters. The fraction of sp³-hybridized carbons (Fsp3) is 0.387. The summed E-state index contributed by atoms with van der Waals surface area (Å²) < 4.78 is 27.6. The Balaban J connectivity index is 2.32. The van der Waals surface area contributed by atoms with Crippen LogP contribution >= 0.6 is 0 Å².